The van der Waals surface area contributed by atoms with Crippen LogP contribution < -0.4 is 4.90 Å². The average Bonchev–Trinajstić information content (AvgIpc) is 2.19. The van der Waals surface area contributed by atoms with Crippen LogP contribution in [0.4, 0.5) is 5.69 Å². The van der Waals surface area contributed by atoms with Crippen LogP contribution in [0, 0.1) is 0 Å². The van der Waals surface area contributed by atoms with Crippen LogP contribution in [0.2, 0.25) is 0 Å². The molecule has 0 unspecified atom stereocenters. The summed E-state index contributed by atoms with van der Waals surface area (Å²) in [7, 11) is 4.01. The quantitative estimate of drug-likeness (QED) is 0.450. The lowest BCUT2D eigenvalue weighted by atomic mass is 10.2. The summed E-state index contributed by atoms with van der Waals surface area (Å²) in [5.41, 5.74) is 2.24. The third-order valence-corrected chi connectivity index (χ3v) is 1.85. The van der Waals surface area contributed by atoms with Crippen LogP contribution in [-0.4, -0.2) is 25.5 Å². The van der Waals surface area contributed by atoms with Crippen molar-refractivity contribution in [1.82, 2.24) is 0 Å². The summed E-state index contributed by atoms with van der Waals surface area (Å²) in [5, 5.41) is 11.0. The van der Waals surface area contributed by atoms with Crippen LogP contribution >= 0.6 is 0 Å². The summed E-state index contributed by atoms with van der Waals surface area (Å²) in [4.78, 5) is 2.04. The standard InChI is InChI=1S/C11H14N2O/c1-13(2)11-7-5-10(6-8-11)4-3-9-12-14/h3-9,14H,1-2H3/b4-3+,12-9+. The van der Waals surface area contributed by atoms with E-state index in [4.69, 9.17) is 5.21 Å². The lowest BCUT2D eigenvalue weighted by Crippen LogP contribution is -2.07. The zero-order chi connectivity index (χ0) is 10.4. The molecule has 0 amide bonds. The predicted molar refractivity (Wildman–Crippen MR) is 60.1 cm³/mol. The third-order valence-electron chi connectivity index (χ3n) is 1.85. The van der Waals surface area contributed by atoms with Crippen molar-refractivity contribution in [2.45, 2.75) is 0 Å². The Morgan fingerprint density at radius 3 is 2.36 bits per heavy atom. The van der Waals surface area contributed by atoms with Gasteiger partial charge in [0.2, 0.25) is 0 Å². The molecule has 3 heteroatoms. The van der Waals surface area contributed by atoms with Crippen molar-refractivity contribution in [1.29, 1.82) is 0 Å². The minimum atomic E-state index is 1.08. The molecule has 0 aliphatic carbocycles. The lowest BCUT2D eigenvalue weighted by Gasteiger charge is -2.11. The molecule has 0 aromatic heterocycles. The van der Waals surface area contributed by atoms with Gasteiger partial charge in [0.15, 0.2) is 0 Å². The summed E-state index contributed by atoms with van der Waals surface area (Å²) in [6, 6.07) is 8.10. The van der Waals surface area contributed by atoms with E-state index in [0.717, 1.165) is 11.3 Å². The molecule has 0 fully saturated rings. The van der Waals surface area contributed by atoms with Crippen molar-refractivity contribution in [3.05, 3.63) is 35.9 Å². The average molecular weight is 190 g/mol. The van der Waals surface area contributed by atoms with E-state index in [-0.39, 0.29) is 0 Å². The van der Waals surface area contributed by atoms with Gasteiger partial charge in [0.25, 0.3) is 0 Å². The fraction of sp³-hybridized carbons (Fsp3) is 0.182. The molecule has 14 heavy (non-hydrogen) atoms. The monoisotopic (exact) mass is 190 g/mol. The maximum Gasteiger partial charge on any atom is 0.0661 e. The highest BCUT2D eigenvalue weighted by Crippen LogP contribution is 2.12. The Hall–Kier alpha value is -1.77. The molecular formula is C11H14N2O. The van der Waals surface area contributed by atoms with Gasteiger partial charge in [-0.2, -0.15) is 0 Å². The van der Waals surface area contributed by atoms with Crippen molar-refractivity contribution in [2.75, 3.05) is 19.0 Å². The van der Waals surface area contributed by atoms with E-state index in [9.17, 15) is 0 Å². The number of rotatable bonds is 3. The molecule has 0 heterocycles. The first-order valence-electron chi connectivity index (χ1n) is 4.35. The Balaban J connectivity index is 2.73. The molecule has 0 aliphatic rings. The number of hydrogen-bond donors (Lipinski definition) is 1. The lowest BCUT2D eigenvalue weighted by molar-refractivity contribution is 0.322. The Labute approximate surface area is 84.0 Å². The molecule has 0 atom stereocenters. The van der Waals surface area contributed by atoms with Gasteiger partial charge in [0.05, 0.1) is 6.21 Å². The highest BCUT2D eigenvalue weighted by molar-refractivity contribution is 5.77. The Morgan fingerprint density at radius 2 is 1.86 bits per heavy atom. The molecule has 74 valence electrons. The summed E-state index contributed by atoms with van der Waals surface area (Å²) >= 11 is 0. The Bertz CT molecular complexity index is 326. The van der Waals surface area contributed by atoms with Gasteiger partial charge in [-0.25, -0.2) is 0 Å². The molecule has 1 N–H and O–H groups in total. The minimum absolute atomic E-state index is 1.08. The summed E-state index contributed by atoms with van der Waals surface area (Å²) in [5.74, 6) is 0. The third kappa shape index (κ3) is 2.94. The molecule has 0 aliphatic heterocycles. The minimum Gasteiger partial charge on any atom is -0.411 e. The molecule has 1 aromatic rings. The number of nitrogens with zero attached hydrogens (tertiary/aromatic N) is 2. The van der Waals surface area contributed by atoms with Crippen LogP contribution in [-0.2, 0) is 0 Å². The zero-order valence-electron chi connectivity index (χ0n) is 8.38. The molecule has 1 aromatic carbocycles. The van der Waals surface area contributed by atoms with Crippen LogP contribution in [0.3, 0.4) is 0 Å². The van der Waals surface area contributed by atoms with E-state index < -0.39 is 0 Å². The Kier molecular flexibility index (Phi) is 3.73. The van der Waals surface area contributed by atoms with E-state index in [1.54, 1.807) is 6.08 Å². The smallest absolute Gasteiger partial charge is 0.0661 e. The van der Waals surface area contributed by atoms with E-state index >= 15 is 0 Å². The van der Waals surface area contributed by atoms with Crippen molar-refractivity contribution < 1.29 is 5.21 Å². The van der Waals surface area contributed by atoms with Crippen molar-refractivity contribution in [2.24, 2.45) is 5.16 Å². The molecule has 0 bridgehead atoms. The Morgan fingerprint density at radius 1 is 1.21 bits per heavy atom. The zero-order valence-corrected chi connectivity index (χ0v) is 8.38. The normalized spacial score (nSPS) is 11.3. The number of oxime groups is 1. The van der Waals surface area contributed by atoms with Crippen molar-refractivity contribution in [3.8, 4) is 0 Å². The number of hydrogen-bond acceptors (Lipinski definition) is 3. The molecular weight excluding hydrogens is 176 g/mol. The van der Waals surface area contributed by atoms with Crippen molar-refractivity contribution in [3.63, 3.8) is 0 Å². The number of allylic oxidation sites excluding steroid dienone is 1. The maximum absolute atomic E-state index is 8.17. The highest BCUT2D eigenvalue weighted by Gasteiger charge is 1.92. The first-order valence-corrected chi connectivity index (χ1v) is 4.35. The molecule has 0 saturated carbocycles. The van der Waals surface area contributed by atoms with E-state index in [1.165, 1.54) is 6.21 Å². The van der Waals surface area contributed by atoms with Gasteiger partial charge < -0.3 is 10.1 Å². The topological polar surface area (TPSA) is 35.8 Å². The molecule has 0 spiro atoms. The molecule has 0 saturated heterocycles. The van der Waals surface area contributed by atoms with Crippen LogP contribution in [0.25, 0.3) is 6.08 Å². The van der Waals surface area contributed by atoms with Gasteiger partial charge >= 0.3 is 0 Å². The maximum atomic E-state index is 8.17. The fourth-order valence-corrected chi connectivity index (χ4v) is 1.08. The summed E-state index contributed by atoms with van der Waals surface area (Å²) in [6.45, 7) is 0. The van der Waals surface area contributed by atoms with E-state index in [1.807, 2.05) is 49.3 Å². The van der Waals surface area contributed by atoms with Crippen LogP contribution in [0.15, 0.2) is 35.5 Å². The van der Waals surface area contributed by atoms with E-state index in [2.05, 4.69) is 5.16 Å². The van der Waals surface area contributed by atoms with Crippen LogP contribution in [0.5, 0.6) is 0 Å². The predicted octanol–water partition coefficient (Wildman–Crippen LogP) is 2.23. The first-order chi connectivity index (χ1) is 6.74. The number of benzene rings is 1. The van der Waals surface area contributed by atoms with Gasteiger partial charge in [0.1, 0.15) is 0 Å². The summed E-state index contributed by atoms with van der Waals surface area (Å²) < 4.78 is 0. The second-order valence-electron chi connectivity index (χ2n) is 3.11. The second-order valence-corrected chi connectivity index (χ2v) is 3.11. The van der Waals surface area contributed by atoms with E-state index in [0.29, 0.717) is 0 Å². The number of anilines is 1. The van der Waals surface area contributed by atoms with Gasteiger partial charge in [-0.3, -0.25) is 0 Å². The van der Waals surface area contributed by atoms with Gasteiger partial charge in [0, 0.05) is 19.8 Å². The second kappa shape index (κ2) is 5.07. The van der Waals surface area contributed by atoms with Crippen molar-refractivity contribution >= 4 is 18.0 Å². The summed E-state index contributed by atoms with van der Waals surface area (Å²) in [6.07, 6.45) is 4.89. The SMILES string of the molecule is CN(C)c1ccc(/C=C/C=N/O)cc1. The highest BCUT2D eigenvalue weighted by atomic mass is 16.4. The van der Waals surface area contributed by atoms with Crippen LogP contribution in [0.1, 0.15) is 5.56 Å². The van der Waals surface area contributed by atoms with Gasteiger partial charge in [-0.15, -0.1) is 0 Å². The van der Waals surface area contributed by atoms with Gasteiger partial charge in [-0.1, -0.05) is 23.4 Å². The molecule has 1 rings (SSSR count). The first kappa shape index (κ1) is 10.3. The van der Waals surface area contributed by atoms with Gasteiger partial charge in [-0.05, 0) is 23.8 Å². The molecule has 3 nitrogen and oxygen atoms in total. The molecule has 0 radical (unpaired) electrons. The largest absolute Gasteiger partial charge is 0.411 e. The fourth-order valence-electron chi connectivity index (χ4n) is 1.08.